The number of rotatable bonds is 6. The van der Waals surface area contributed by atoms with Crippen molar-refractivity contribution in [2.45, 2.75) is 25.2 Å². The molecule has 0 saturated heterocycles. The maximum Gasteiger partial charge on any atom is 0.261 e. The van der Waals surface area contributed by atoms with Gasteiger partial charge in [0.1, 0.15) is 0 Å². The summed E-state index contributed by atoms with van der Waals surface area (Å²) in [6.45, 7) is 4.28. The van der Waals surface area contributed by atoms with Gasteiger partial charge in [-0.1, -0.05) is 31.2 Å². The van der Waals surface area contributed by atoms with Crippen LogP contribution >= 0.6 is 0 Å². The Labute approximate surface area is 136 Å². The standard InChI is InChI=1S/C17H20N2O3S/c1-3-12-18-17(20)15-10-7-11-16(13(15)2)19-23(21,22)14-8-5-4-6-9-14/h4-11,19H,3,12H2,1-2H3,(H,18,20). The van der Waals surface area contributed by atoms with E-state index in [1.807, 2.05) is 6.92 Å². The summed E-state index contributed by atoms with van der Waals surface area (Å²) in [5, 5.41) is 2.80. The van der Waals surface area contributed by atoms with Crippen molar-refractivity contribution in [3.8, 4) is 0 Å². The van der Waals surface area contributed by atoms with Gasteiger partial charge in [-0.3, -0.25) is 9.52 Å². The fourth-order valence-corrected chi connectivity index (χ4v) is 3.27. The van der Waals surface area contributed by atoms with Gasteiger partial charge >= 0.3 is 0 Å². The molecule has 2 rings (SSSR count). The number of benzene rings is 2. The molecule has 0 aliphatic heterocycles. The van der Waals surface area contributed by atoms with Crippen LogP contribution in [0.5, 0.6) is 0 Å². The lowest BCUT2D eigenvalue weighted by atomic mass is 10.1. The highest BCUT2D eigenvalue weighted by molar-refractivity contribution is 7.92. The van der Waals surface area contributed by atoms with Gasteiger partial charge in [-0.25, -0.2) is 8.42 Å². The van der Waals surface area contributed by atoms with E-state index in [2.05, 4.69) is 10.0 Å². The third-order valence-corrected chi connectivity index (χ3v) is 4.79. The van der Waals surface area contributed by atoms with Crippen molar-refractivity contribution in [2.75, 3.05) is 11.3 Å². The average Bonchev–Trinajstić information content (AvgIpc) is 2.55. The Balaban J connectivity index is 2.29. The minimum atomic E-state index is -3.68. The molecule has 0 aliphatic carbocycles. The maximum atomic E-state index is 12.4. The SMILES string of the molecule is CCCNC(=O)c1cccc(NS(=O)(=O)c2ccccc2)c1C. The Bertz CT molecular complexity index is 787. The third-order valence-electron chi connectivity index (χ3n) is 3.41. The van der Waals surface area contributed by atoms with Gasteiger partial charge in [0, 0.05) is 12.1 Å². The number of nitrogens with one attached hydrogen (secondary N) is 2. The topological polar surface area (TPSA) is 75.3 Å². The monoisotopic (exact) mass is 332 g/mol. The van der Waals surface area contributed by atoms with Crippen molar-refractivity contribution >= 4 is 21.6 Å². The zero-order valence-corrected chi connectivity index (χ0v) is 14.0. The lowest BCUT2D eigenvalue weighted by Crippen LogP contribution is -2.25. The van der Waals surface area contributed by atoms with Gasteiger partial charge in [0.25, 0.3) is 15.9 Å². The van der Waals surface area contributed by atoms with Crippen LogP contribution in [-0.4, -0.2) is 20.9 Å². The zero-order chi connectivity index (χ0) is 16.9. The van der Waals surface area contributed by atoms with Gasteiger partial charge in [0.05, 0.1) is 10.6 Å². The second-order valence-electron chi connectivity index (χ2n) is 5.15. The van der Waals surface area contributed by atoms with Crippen LogP contribution in [0.4, 0.5) is 5.69 Å². The van der Waals surface area contributed by atoms with Crippen LogP contribution in [0.25, 0.3) is 0 Å². The quantitative estimate of drug-likeness (QED) is 0.854. The molecule has 0 saturated carbocycles. The van der Waals surface area contributed by atoms with E-state index in [0.717, 1.165) is 6.42 Å². The van der Waals surface area contributed by atoms with Crippen LogP contribution in [-0.2, 0) is 10.0 Å². The summed E-state index contributed by atoms with van der Waals surface area (Å²) >= 11 is 0. The first-order valence-electron chi connectivity index (χ1n) is 7.41. The van der Waals surface area contributed by atoms with Crippen LogP contribution in [0.3, 0.4) is 0 Å². The summed E-state index contributed by atoms with van der Waals surface area (Å²) < 4.78 is 27.3. The summed E-state index contributed by atoms with van der Waals surface area (Å²) in [6.07, 6.45) is 0.838. The van der Waals surface area contributed by atoms with Crippen molar-refractivity contribution in [1.82, 2.24) is 5.32 Å². The summed E-state index contributed by atoms with van der Waals surface area (Å²) in [5.74, 6) is -0.204. The molecule has 2 N–H and O–H groups in total. The van der Waals surface area contributed by atoms with Gasteiger partial charge in [0.15, 0.2) is 0 Å². The van der Waals surface area contributed by atoms with E-state index in [4.69, 9.17) is 0 Å². The Kier molecular flexibility index (Phi) is 5.39. The number of amides is 1. The fourth-order valence-electron chi connectivity index (χ4n) is 2.13. The molecular weight excluding hydrogens is 312 g/mol. The molecule has 0 heterocycles. The van der Waals surface area contributed by atoms with Gasteiger partial charge in [-0.2, -0.15) is 0 Å². The molecule has 0 atom stereocenters. The highest BCUT2D eigenvalue weighted by Crippen LogP contribution is 2.22. The van der Waals surface area contributed by atoms with E-state index in [1.54, 1.807) is 43.3 Å². The molecule has 122 valence electrons. The molecule has 5 nitrogen and oxygen atoms in total. The average molecular weight is 332 g/mol. The number of hydrogen-bond donors (Lipinski definition) is 2. The number of hydrogen-bond acceptors (Lipinski definition) is 3. The van der Waals surface area contributed by atoms with Crippen LogP contribution < -0.4 is 10.0 Å². The predicted molar refractivity (Wildman–Crippen MR) is 91.1 cm³/mol. The molecule has 0 unspecified atom stereocenters. The number of sulfonamides is 1. The lowest BCUT2D eigenvalue weighted by molar-refractivity contribution is 0.0953. The van der Waals surface area contributed by atoms with Crippen LogP contribution in [0.2, 0.25) is 0 Å². The van der Waals surface area contributed by atoms with E-state index in [0.29, 0.717) is 23.4 Å². The molecule has 0 aromatic heterocycles. The van der Waals surface area contributed by atoms with Crippen LogP contribution in [0.1, 0.15) is 29.3 Å². The molecule has 6 heteroatoms. The van der Waals surface area contributed by atoms with Crippen molar-refractivity contribution < 1.29 is 13.2 Å². The normalized spacial score (nSPS) is 11.0. The number of anilines is 1. The highest BCUT2D eigenvalue weighted by Gasteiger charge is 2.17. The smallest absolute Gasteiger partial charge is 0.261 e. The van der Waals surface area contributed by atoms with Crippen molar-refractivity contribution in [2.24, 2.45) is 0 Å². The summed E-state index contributed by atoms with van der Waals surface area (Å²) in [5.41, 5.74) is 1.46. The molecule has 0 spiro atoms. The molecule has 2 aromatic rings. The predicted octanol–water partition coefficient (Wildman–Crippen LogP) is 2.94. The number of carbonyl (C=O) groups excluding carboxylic acids is 1. The van der Waals surface area contributed by atoms with Crippen LogP contribution in [0.15, 0.2) is 53.4 Å². The third kappa shape index (κ3) is 4.10. The van der Waals surface area contributed by atoms with Gasteiger partial charge in [-0.15, -0.1) is 0 Å². The molecule has 0 bridgehead atoms. The first kappa shape index (κ1) is 17.0. The molecule has 23 heavy (non-hydrogen) atoms. The van der Waals surface area contributed by atoms with Crippen molar-refractivity contribution in [3.05, 3.63) is 59.7 Å². The maximum absolute atomic E-state index is 12.4. The van der Waals surface area contributed by atoms with E-state index in [1.165, 1.54) is 12.1 Å². The lowest BCUT2D eigenvalue weighted by Gasteiger charge is -2.13. The second kappa shape index (κ2) is 7.28. The summed E-state index contributed by atoms with van der Waals surface area (Å²) in [7, 11) is -3.68. The Morgan fingerprint density at radius 1 is 1.04 bits per heavy atom. The van der Waals surface area contributed by atoms with E-state index in [-0.39, 0.29) is 10.8 Å². The molecule has 2 aromatic carbocycles. The largest absolute Gasteiger partial charge is 0.352 e. The molecule has 0 radical (unpaired) electrons. The van der Waals surface area contributed by atoms with Crippen molar-refractivity contribution in [1.29, 1.82) is 0 Å². The van der Waals surface area contributed by atoms with E-state index >= 15 is 0 Å². The second-order valence-corrected chi connectivity index (χ2v) is 6.83. The van der Waals surface area contributed by atoms with Gasteiger partial charge < -0.3 is 5.32 Å². The highest BCUT2D eigenvalue weighted by atomic mass is 32.2. The minimum absolute atomic E-state index is 0.181. The Morgan fingerprint density at radius 3 is 2.39 bits per heavy atom. The number of carbonyl (C=O) groups is 1. The zero-order valence-electron chi connectivity index (χ0n) is 13.2. The van der Waals surface area contributed by atoms with E-state index in [9.17, 15) is 13.2 Å². The van der Waals surface area contributed by atoms with E-state index < -0.39 is 10.0 Å². The van der Waals surface area contributed by atoms with Gasteiger partial charge in [-0.05, 0) is 43.2 Å². The molecular formula is C17H20N2O3S. The first-order valence-corrected chi connectivity index (χ1v) is 8.89. The molecule has 0 fully saturated rings. The fraction of sp³-hybridized carbons (Fsp3) is 0.235. The Morgan fingerprint density at radius 2 is 1.74 bits per heavy atom. The Hall–Kier alpha value is -2.34. The summed E-state index contributed by atoms with van der Waals surface area (Å²) in [4.78, 5) is 12.3. The molecule has 1 amide bonds. The molecule has 0 aliphatic rings. The van der Waals surface area contributed by atoms with Gasteiger partial charge in [0.2, 0.25) is 0 Å². The van der Waals surface area contributed by atoms with Crippen LogP contribution in [0, 0.1) is 6.92 Å². The minimum Gasteiger partial charge on any atom is -0.352 e. The summed E-state index contributed by atoms with van der Waals surface area (Å²) in [6, 6.07) is 13.1. The van der Waals surface area contributed by atoms with Crippen molar-refractivity contribution in [3.63, 3.8) is 0 Å². The first-order chi connectivity index (χ1) is 11.0.